The van der Waals surface area contributed by atoms with E-state index in [0.29, 0.717) is 0 Å². The molecular weight excluding hydrogens is 384 g/mol. The minimum absolute atomic E-state index is 0.217. The van der Waals surface area contributed by atoms with Crippen LogP contribution in [0.3, 0.4) is 0 Å². The van der Waals surface area contributed by atoms with Gasteiger partial charge in [-0.1, -0.05) is 0 Å². The number of carboxylic acid groups (broad SMARTS) is 2. The zero-order valence-electron chi connectivity index (χ0n) is 14.7. The molecule has 3 amide bonds. The SMILES string of the molecule is CC(NC(=O)C(CS)NC(=O)C(CC(=O)O)NC(=O)C(N)C(C)O)C(=O)O. The zero-order chi connectivity index (χ0) is 21.3. The number of hydrogen-bond donors (Lipinski definition) is 8. The van der Waals surface area contributed by atoms with Crippen molar-refractivity contribution < 1.29 is 39.3 Å². The van der Waals surface area contributed by atoms with Gasteiger partial charge in [-0.15, -0.1) is 0 Å². The highest BCUT2D eigenvalue weighted by Gasteiger charge is 2.30. The van der Waals surface area contributed by atoms with Gasteiger partial charge in [-0.3, -0.25) is 24.0 Å². The normalized spacial score (nSPS) is 16.2. The fraction of sp³-hybridized carbons (Fsp3) is 0.643. The number of rotatable bonds is 11. The highest BCUT2D eigenvalue weighted by molar-refractivity contribution is 7.80. The van der Waals surface area contributed by atoms with Crippen molar-refractivity contribution in [2.45, 2.75) is 50.5 Å². The van der Waals surface area contributed by atoms with Crippen LogP contribution in [-0.2, 0) is 24.0 Å². The lowest BCUT2D eigenvalue weighted by atomic mass is 10.1. The second-order valence-corrected chi connectivity index (χ2v) is 6.10. The fourth-order valence-corrected chi connectivity index (χ4v) is 1.97. The predicted molar refractivity (Wildman–Crippen MR) is 94.9 cm³/mol. The van der Waals surface area contributed by atoms with Crippen molar-refractivity contribution in [3.05, 3.63) is 0 Å². The van der Waals surface area contributed by atoms with Crippen molar-refractivity contribution in [3.8, 4) is 0 Å². The standard InChI is InChI=1S/C14H24N4O8S/c1-5(14(25)26)16-12(23)8(4-27)18-11(22)7(3-9(20)21)17-13(24)10(15)6(2)19/h5-8,10,19,27H,3-4,15H2,1-2H3,(H,16,23)(H,17,24)(H,18,22)(H,20,21)(H,25,26). The Balaban J connectivity index is 5.14. The van der Waals surface area contributed by atoms with Crippen LogP contribution in [-0.4, -0.2) is 81.0 Å². The molecule has 0 aliphatic heterocycles. The van der Waals surface area contributed by atoms with Crippen LogP contribution in [0.5, 0.6) is 0 Å². The minimum atomic E-state index is -1.58. The number of amides is 3. The van der Waals surface area contributed by atoms with E-state index >= 15 is 0 Å². The van der Waals surface area contributed by atoms with Crippen molar-refractivity contribution in [2.24, 2.45) is 5.73 Å². The molecule has 0 saturated carbocycles. The maximum atomic E-state index is 12.3. The van der Waals surface area contributed by atoms with Crippen LogP contribution in [0.2, 0.25) is 0 Å². The molecule has 0 aliphatic rings. The third kappa shape index (κ3) is 8.70. The summed E-state index contributed by atoms with van der Waals surface area (Å²) >= 11 is 3.89. The van der Waals surface area contributed by atoms with Gasteiger partial charge in [-0.25, -0.2) is 0 Å². The Morgan fingerprint density at radius 3 is 1.81 bits per heavy atom. The minimum Gasteiger partial charge on any atom is -0.481 e. The molecule has 0 rings (SSSR count). The largest absolute Gasteiger partial charge is 0.481 e. The molecule has 0 aromatic carbocycles. The van der Waals surface area contributed by atoms with E-state index in [-0.39, 0.29) is 5.75 Å². The molecule has 0 fully saturated rings. The van der Waals surface area contributed by atoms with Gasteiger partial charge in [0.05, 0.1) is 12.5 Å². The predicted octanol–water partition coefficient (Wildman–Crippen LogP) is -3.34. The van der Waals surface area contributed by atoms with Gasteiger partial charge < -0.3 is 37.0 Å². The molecule has 13 heteroatoms. The highest BCUT2D eigenvalue weighted by Crippen LogP contribution is 1.99. The van der Waals surface area contributed by atoms with Crippen molar-refractivity contribution in [2.75, 3.05) is 5.75 Å². The van der Waals surface area contributed by atoms with Crippen LogP contribution in [0.1, 0.15) is 20.3 Å². The zero-order valence-corrected chi connectivity index (χ0v) is 15.6. The topological polar surface area (TPSA) is 208 Å². The smallest absolute Gasteiger partial charge is 0.325 e. The average molecular weight is 408 g/mol. The lowest BCUT2D eigenvalue weighted by Crippen LogP contribution is -2.58. The summed E-state index contributed by atoms with van der Waals surface area (Å²) < 4.78 is 0. The summed E-state index contributed by atoms with van der Waals surface area (Å²) in [7, 11) is 0. The first-order valence-corrected chi connectivity index (χ1v) is 8.44. The summed E-state index contributed by atoms with van der Waals surface area (Å²) in [5.41, 5.74) is 5.42. The lowest BCUT2D eigenvalue weighted by molar-refractivity contribution is -0.142. The molecular formula is C14H24N4O8S. The average Bonchev–Trinajstić information content (AvgIpc) is 2.56. The second kappa shape index (κ2) is 11.4. The van der Waals surface area contributed by atoms with Crippen LogP contribution in [0.25, 0.3) is 0 Å². The first-order chi connectivity index (χ1) is 12.4. The number of aliphatic hydroxyl groups is 1. The third-order valence-corrected chi connectivity index (χ3v) is 3.74. The molecule has 0 spiro atoms. The van der Waals surface area contributed by atoms with Gasteiger partial charge in [0, 0.05) is 5.75 Å². The molecule has 27 heavy (non-hydrogen) atoms. The van der Waals surface area contributed by atoms with Crippen molar-refractivity contribution in [1.29, 1.82) is 0 Å². The molecule has 0 bridgehead atoms. The second-order valence-electron chi connectivity index (χ2n) is 5.74. The van der Waals surface area contributed by atoms with Crippen molar-refractivity contribution >= 4 is 42.3 Å². The van der Waals surface area contributed by atoms with Crippen molar-refractivity contribution in [3.63, 3.8) is 0 Å². The Morgan fingerprint density at radius 2 is 1.41 bits per heavy atom. The van der Waals surface area contributed by atoms with Gasteiger partial charge in [0.25, 0.3) is 0 Å². The Kier molecular flexibility index (Phi) is 10.4. The number of carbonyl (C=O) groups excluding carboxylic acids is 3. The van der Waals surface area contributed by atoms with E-state index in [0.717, 1.165) is 0 Å². The molecule has 0 aromatic rings. The van der Waals surface area contributed by atoms with Crippen LogP contribution in [0.15, 0.2) is 0 Å². The van der Waals surface area contributed by atoms with Crippen LogP contribution in [0.4, 0.5) is 0 Å². The molecule has 0 saturated heterocycles. The number of carbonyl (C=O) groups is 5. The summed E-state index contributed by atoms with van der Waals surface area (Å²) in [6, 6.07) is -5.47. The number of hydrogen-bond acceptors (Lipinski definition) is 8. The van der Waals surface area contributed by atoms with Gasteiger partial charge in [0.2, 0.25) is 17.7 Å². The highest BCUT2D eigenvalue weighted by atomic mass is 32.1. The molecule has 8 N–H and O–H groups in total. The van der Waals surface area contributed by atoms with Gasteiger partial charge in [-0.2, -0.15) is 12.6 Å². The molecule has 5 unspecified atom stereocenters. The maximum Gasteiger partial charge on any atom is 0.325 e. The molecule has 0 radical (unpaired) electrons. The van der Waals surface area contributed by atoms with Gasteiger partial charge in [0.1, 0.15) is 24.2 Å². The molecule has 12 nitrogen and oxygen atoms in total. The molecule has 0 aromatic heterocycles. The Labute approximate surface area is 160 Å². The Hall–Kier alpha value is -2.38. The Bertz CT molecular complexity index is 585. The number of carboxylic acids is 2. The molecule has 0 heterocycles. The third-order valence-electron chi connectivity index (χ3n) is 3.38. The number of thiol groups is 1. The van der Waals surface area contributed by atoms with E-state index in [2.05, 4.69) is 28.6 Å². The summed E-state index contributed by atoms with van der Waals surface area (Å²) in [5.74, 6) is -5.75. The van der Waals surface area contributed by atoms with E-state index in [1.807, 2.05) is 0 Å². The summed E-state index contributed by atoms with van der Waals surface area (Å²) in [6.07, 6.45) is -2.05. The van der Waals surface area contributed by atoms with Gasteiger partial charge >= 0.3 is 11.9 Å². The molecule has 154 valence electrons. The van der Waals surface area contributed by atoms with E-state index in [1.165, 1.54) is 13.8 Å². The van der Waals surface area contributed by atoms with E-state index in [1.54, 1.807) is 0 Å². The van der Waals surface area contributed by atoms with Crippen molar-refractivity contribution in [1.82, 2.24) is 16.0 Å². The van der Waals surface area contributed by atoms with Crippen LogP contribution < -0.4 is 21.7 Å². The first kappa shape index (κ1) is 24.6. The van der Waals surface area contributed by atoms with Crippen LogP contribution >= 0.6 is 12.6 Å². The van der Waals surface area contributed by atoms with Gasteiger partial charge in [-0.05, 0) is 13.8 Å². The number of aliphatic hydroxyl groups excluding tert-OH is 1. The van der Waals surface area contributed by atoms with Crippen LogP contribution in [0, 0.1) is 0 Å². The van der Waals surface area contributed by atoms with E-state index in [4.69, 9.17) is 15.9 Å². The maximum absolute atomic E-state index is 12.3. The summed E-state index contributed by atoms with van der Waals surface area (Å²) in [4.78, 5) is 57.8. The monoisotopic (exact) mass is 408 g/mol. The summed E-state index contributed by atoms with van der Waals surface area (Å²) in [5, 5.41) is 33.4. The first-order valence-electron chi connectivity index (χ1n) is 7.80. The number of aliphatic carboxylic acids is 2. The van der Waals surface area contributed by atoms with E-state index in [9.17, 15) is 29.1 Å². The molecule has 0 aliphatic carbocycles. The quantitative estimate of drug-likeness (QED) is 0.160. The number of nitrogens with two attached hydrogens (primary N) is 1. The van der Waals surface area contributed by atoms with E-state index < -0.39 is 66.4 Å². The molecule has 5 atom stereocenters. The number of nitrogens with one attached hydrogen (secondary N) is 3. The Morgan fingerprint density at radius 1 is 0.926 bits per heavy atom. The van der Waals surface area contributed by atoms with Gasteiger partial charge in [0.15, 0.2) is 0 Å². The summed E-state index contributed by atoms with van der Waals surface area (Å²) in [6.45, 7) is 2.45. The lowest BCUT2D eigenvalue weighted by Gasteiger charge is -2.23. The fourth-order valence-electron chi connectivity index (χ4n) is 1.71.